The molecule has 1 heterocycles. The molecule has 3 rings (SSSR count). The van der Waals surface area contributed by atoms with Gasteiger partial charge in [0.2, 0.25) is 10.0 Å². The molecule has 140 valence electrons. The molecule has 3 amide bonds. The maximum atomic E-state index is 12.8. The molecule has 0 saturated carbocycles. The highest BCUT2D eigenvalue weighted by atomic mass is 32.2. The van der Waals surface area contributed by atoms with Gasteiger partial charge in [-0.15, -0.1) is 0 Å². The fraction of sp³-hybridized carbons (Fsp3) is 0.111. The second kappa shape index (κ2) is 7.22. The number of hydrogen-bond acceptors (Lipinski definition) is 4. The van der Waals surface area contributed by atoms with Crippen molar-refractivity contribution in [3.63, 3.8) is 0 Å². The van der Waals surface area contributed by atoms with Crippen molar-refractivity contribution in [2.24, 2.45) is 5.14 Å². The third kappa shape index (κ3) is 4.15. The van der Waals surface area contributed by atoms with E-state index >= 15 is 0 Å². The molecule has 8 nitrogen and oxygen atoms in total. The summed E-state index contributed by atoms with van der Waals surface area (Å²) >= 11 is 0. The van der Waals surface area contributed by atoms with Gasteiger partial charge in [-0.3, -0.25) is 4.79 Å². The summed E-state index contributed by atoms with van der Waals surface area (Å²) in [6, 6.07) is 13.6. The Morgan fingerprint density at radius 2 is 1.70 bits per heavy atom. The highest BCUT2D eigenvalue weighted by molar-refractivity contribution is 7.89. The van der Waals surface area contributed by atoms with Gasteiger partial charge in [0.25, 0.3) is 5.91 Å². The number of primary sulfonamides is 1. The van der Waals surface area contributed by atoms with Crippen LogP contribution in [0.5, 0.6) is 0 Å². The second-order valence-corrected chi connectivity index (χ2v) is 7.57. The van der Waals surface area contributed by atoms with Crippen molar-refractivity contribution in [2.75, 3.05) is 5.32 Å². The minimum absolute atomic E-state index is 0.0512. The van der Waals surface area contributed by atoms with Crippen LogP contribution in [-0.2, 0) is 14.8 Å². The van der Waals surface area contributed by atoms with Crippen molar-refractivity contribution >= 4 is 27.6 Å². The van der Waals surface area contributed by atoms with E-state index in [1.807, 2.05) is 30.3 Å². The Hall–Kier alpha value is -3.17. The van der Waals surface area contributed by atoms with Crippen molar-refractivity contribution in [3.05, 3.63) is 71.4 Å². The molecule has 5 N–H and O–H groups in total. The van der Waals surface area contributed by atoms with Gasteiger partial charge in [0.1, 0.15) is 0 Å². The number of anilines is 1. The zero-order chi connectivity index (χ0) is 19.6. The van der Waals surface area contributed by atoms with Crippen LogP contribution in [0.4, 0.5) is 10.5 Å². The predicted octanol–water partition coefficient (Wildman–Crippen LogP) is 1.60. The van der Waals surface area contributed by atoms with Crippen LogP contribution in [0.3, 0.4) is 0 Å². The topological polar surface area (TPSA) is 130 Å². The lowest BCUT2D eigenvalue weighted by atomic mass is 9.95. The van der Waals surface area contributed by atoms with Crippen molar-refractivity contribution in [2.45, 2.75) is 17.9 Å². The summed E-state index contributed by atoms with van der Waals surface area (Å²) in [6.45, 7) is 1.65. The molecule has 0 radical (unpaired) electrons. The van der Waals surface area contributed by atoms with E-state index in [0.29, 0.717) is 17.0 Å². The molecule has 9 heteroatoms. The molecule has 0 bridgehead atoms. The standard InChI is InChI=1S/C18H18N4O4S/c1-11-15(16(22-18(24)20-11)12-5-3-2-4-6-12)17(23)21-13-7-9-14(10-8-13)27(19,25)26/h2-10,16H,1H3,(H,21,23)(H2,19,25,26)(H2,20,22,24). The molecule has 0 aliphatic carbocycles. The Kier molecular flexibility index (Phi) is 4.98. The Morgan fingerprint density at radius 1 is 1.07 bits per heavy atom. The molecule has 27 heavy (non-hydrogen) atoms. The quantitative estimate of drug-likeness (QED) is 0.636. The Bertz CT molecular complexity index is 1020. The number of rotatable bonds is 4. The highest BCUT2D eigenvalue weighted by Crippen LogP contribution is 2.27. The number of sulfonamides is 1. The summed E-state index contributed by atoms with van der Waals surface area (Å²) < 4.78 is 22.6. The molecular weight excluding hydrogens is 368 g/mol. The van der Waals surface area contributed by atoms with Crippen molar-refractivity contribution in [1.29, 1.82) is 0 Å². The van der Waals surface area contributed by atoms with E-state index in [2.05, 4.69) is 16.0 Å². The maximum Gasteiger partial charge on any atom is 0.319 e. The van der Waals surface area contributed by atoms with E-state index in [-0.39, 0.29) is 4.90 Å². The van der Waals surface area contributed by atoms with E-state index in [4.69, 9.17) is 5.14 Å². The summed E-state index contributed by atoms with van der Waals surface area (Å²) in [6.07, 6.45) is 0. The maximum absolute atomic E-state index is 12.8. The molecular formula is C18H18N4O4S. The summed E-state index contributed by atoms with van der Waals surface area (Å²) in [7, 11) is -3.81. The van der Waals surface area contributed by atoms with Gasteiger partial charge >= 0.3 is 6.03 Å². The predicted molar refractivity (Wildman–Crippen MR) is 100.0 cm³/mol. The summed E-state index contributed by atoms with van der Waals surface area (Å²) in [4.78, 5) is 24.7. The fourth-order valence-corrected chi connectivity index (χ4v) is 3.33. The van der Waals surface area contributed by atoms with E-state index in [1.165, 1.54) is 24.3 Å². The van der Waals surface area contributed by atoms with Gasteiger partial charge in [-0.05, 0) is 36.8 Å². The van der Waals surface area contributed by atoms with Gasteiger partial charge < -0.3 is 16.0 Å². The van der Waals surface area contributed by atoms with Gasteiger partial charge in [0.05, 0.1) is 16.5 Å². The van der Waals surface area contributed by atoms with E-state index < -0.39 is 28.0 Å². The summed E-state index contributed by atoms with van der Waals surface area (Å²) in [5, 5.41) is 13.1. The molecule has 0 aromatic heterocycles. The summed E-state index contributed by atoms with van der Waals surface area (Å²) in [5.74, 6) is -0.419. The summed E-state index contributed by atoms with van der Waals surface area (Å²) in [5.41, 5.74) is 1.96. The smallest absolute Gasteiger partial charge is 0.319 e. The molecule has 1 unspecified atom stereocenters. The average molecular weight is 386 g/mol. The van der Waals surface area contributed by atoms with Crippen LogP contribution < -0.4 is 21.1 Å². The van der Waals surface area contributed by atoms with Crippen molar-refractivity contribution in [1.82, 2.24) is 10.6 Å². The van der Waals surface area contributed by atoms with E-state index in [0.717, 1.165) is 5.56 Å². The molecule has 2 aromatic rings. The average Bonchev–Trinajstić information content (AvgIpc) is 2.61. The first-order valence-corrected chi connectivity index (χ1v) is 9.58. The number of nitrogens with two attached hydrogens (primary N) is 1. The van der Waals surface area contributed by atoms with E-state index in [1.54, 1.807) is 6.92 Å². The number of nitrogens with one attached hydrogen (secondary N) is 3. The first-order valence-electron chi connectivity index (χ1n) is 8.03. The highest BCUT2D eigenvalue weighted by Gasteiger charge is 2.31. The molecule has 0 saturated heterocycles. The van der Waals surface area contributed by atoms with Crippen LogP contribution in [0, 0.1) is 0 Å². The Balaban J connectivity index is 1.89. The van der Waals surface area contributed by atoms with E-state index in [9.17, 15) is 18.0 Å². The van der Waals surface area contributed by atoms with Gasteiger partial charge in [0, 0.05) is 11.4 Å². The first-order chi connectivity index (χ1) is 12.8. The molecule has 0 fully saturated rings. The van der Waals surface area contributed by atoms with Crippen LogP contribution in [-0.4, -0.2) is 20.4 Å². The largest absolute Gasteiger partial charge is 0.327 e. The number of urea groups is 1. The molecule has 2 aromatic carbocycles. The third-order valence-electron chi connectivity index (χ3n) is 4.09. The van der Waals surface area contributed by atoms with Gasteiger partial charge in [-0.2, -0.15) is 0 Å². The minimum atomic E-state index is -3.81. The van der Waals surface area contributed by atoms with Gasteiger partial charge in [-0.1, -0.05) is 30.3 Å². The number of hydrogen-bond donors (Lipinski definition) is 4. The Labute approximate surface area is 156 Å². The van der Waals surface area contributed by atoms with Crippen molar-refractivity contribution in [3.8, 4) is 0 Å². The Morgan fingerprint density at radius 3 is 2.30 bits per heavy atom. The first kappa shape index (κ1) is 18.6. The van der Waals surface area contributed by atoms with Crippen LogP contribution in [0.2, 0.25) is 0 Å². The number of amides is 3. The van der Waals surface area contributed by atoms with Crippen LogP contribution in [0.1, 0.15) is 18.5 Å². The molecule has 1 aliphatic heterocycles. The molecule has 0 spiro atoms. The van der Waals surface area contributed by atoms with Crippen molar-refractivity contribution < 1.29 is 18.0 Å². The lowest BCUT2D eigenvalue weighted by Gasteiger charge is -2.28. The number of carbonyl (C=O) groups excluding carboxylic acids is 2. The van der Waals surface area contributed by atoms with Crippen LogP contribution in [0.15, 0.2) is 70.8 Å². The lowest BCUT2D eigenvalue weighted by molar-refractivity contribution is -0.113. The number of carbonyl (C=O) groups is 2. The number of allylic oxidation sites excluding steroid dienone is 1. The zero-order valence-electron chi connectivity index (χ0n) is 14.4. The zero-order valence-corrected chi connectivity index (χ0v) is 15.2. The third-order valence-corrected chi connectivity index (χ3v) is 5.02. The SMILES string of the molecule is CC1=C(C(=O)Nc2ccc(S(N)(=O)=O)cc2)C(c2ccccc2)NC(=O)N1. The second-order valence-electron chi connectivity index (χ2n) is 6.00. The normalized spacial score (nSPS) is 17.1. The monoisotopic (exact) mass is 386 g/mol. The van der Waals surface area contributed by atoms with Gasteiger partial charge in [-0.25, -0.2) is 18.4 Å². The fourth-order valence-electron chi connectivity index (χ4n) is 2.82. The van der Waals surface area contributed by atoms with Crippen LogP contribution >= 0.6 is 0 Å². The number of benzene rings is 2. The van der Waals surface area contributed by atoms with Crippen LogP contribution in [0.25, 0.3) is 0 Å². The minimum Gasteiger partial charge on any atom is -0.327 e. The molecule has 1 aliphatic rings. The van der Waals surface area contributed by atoms with Gasteiger partial charge in [0.15, 0.2) is 0 Å². The molecule has 1 atom stereocenters. The lowest BCUT2D eigenvalue weighted by Crippen LogP contribution is -2.45.